The first-order valence-electron chi connectivity index (χ1n) is 6.33. The van der Waals surface area contributed by atoms with Crippen LogP contribution in [-0.4, -0.2) is 48.0 Å². The number of β-amino-alcohol motifs (C(OH)–C–C–N with tert-alkyl or cyclic N) is 1. The van der Waals surface area contributed by atoms with Gasteiger partial charge in [-0.2, -0.15) is 0 Å². The molecule has 0 aromatic heterocycles. The number of rotatable bonds is 2. The van der Waals surface area contributed by atoms with Gasteiger partial charge < -0.3 is 19.5 Å². The van der Waals surface area contributed by atoms with Gasteiger partial charge in [0.05, 0.1) is 19.8 Å². The Morgan fingerprint density at radius 1 is 1.47 bits per heavy atom. The lowest BCUT2D eigenvalue weighted by molar-refractivity contribution is -0.0222. The molecule has 5 nitrogen and oxygen atoms in total. The summed E-state index contributed by atoms with van der Waals surface area (Å²) in [6, 6.07) is 9.50. The van der Waals surface area contributed by atoms with Crippen molar-refractivity contribution in [2.45, 2.75) is 19.1 Å². The van der Waals surface area contributed by atoms with Crippen LogP contribution in [0.2, 0.25) is 0 Å². The molecule has 0 spiro atoms. The van der Waals surface area contributed by atoms with Crippen LogP contribution in [0.15, 0.2) is 30.3 Å². The highest BCUT2D eigenvalue weighted by molar-refractivity contribution is 5.67. The van der Waals surface area contributed by atoms with Crippen LogP contribution in [0.5, 0.6) is 0 Å². The summed E-state index contributed by atoms with van der Waals surface area (Å²) in [5.41, 5.74) is -0.0869. The van der Waals surface area contributed by atoms with Gasteiger partial charge in [0.1, 0.15) is 12.2 Å². The van der Waals surface area contributed by atoms with Crippen molar-refractivity contribution in [1.82, 2.24) is 4.90 Å². The van der Waals surface area contributed by atoms with E-state index < -0.39 is 11.7 Å². The number of aliphatic hydroxyl groups is 1. The zero-order chi connectivity index (χ0) is 13.7. The monoisotopic (exact) mass is 265 g/mol. The molecule has 1 aromatic carbocycles. The van der Waals surface area contributed by atoms with Crippen molar-refractivity contribution < 1.29 is 19.4 Å². The first kappa shape index (κ1) is 13.8. The third-order valence-corrected chi connectivity index (χ3v) is 2.91. The van der Waals surface area contributed by atoms with Gasteiger partial charge in [0.15, 0.2) is 0 Å². The van der Waals surface area contributed by atoms with Gasteiger partial charge >= 0.3 is 6.09 Å². The first-order valence-corrected chi connectivity index (χ1v) is 6.33. The van der Waals surface area contributed by atoms with Crippen molar-refractivity contribution in [3.63, 3.8) is 0 Å². The van der Waals surface area contributed by atoms with Gasteiger partial charge in [0, 0.05) is 6.54 Å². The number of benzene rings is 1. The standard InChI is InChI=1S/C14H19NO4/c1-14(17)10-15(7-8-18-11-14)13(16)19-9-12-5-3-2-4-6-12/h2-6,17H,7-11H2,1H3/t14-/m1/s1. The van der Waals surface area contributed by atoms with Crippen LogP contribution >= 0.6 is 0 Å². The quantitative estimate of drug-likeness (QED) is 0.878. The lowest BCUT2D eigenvalue weighted by Crippen LogP contribution is -2.44. The first-order chi connectivity index (χ1) is 9.07. The molecule has 0 saturated carbocycles. The molecule has 1 N–H and O–H groups in total. The van der Waals surface area contributed by atoms with E-state index in [1.807, 2.05) is 30.3 Å². The molecule has 0 aliphatic carbocycles. The molecule has 2 rings (SSSR count). The van der Waals surface area contributed by atoms with Crippen molar-refractivity contribution in [2.24, 2.45) is 0 Å². The maximum absolute atomic E-state index is 11.9. The van der Waals surface area contributed by atoms with Gasteiger partial charge in [-0.3, -0.25) is 0 Å². The number of carbonyl (C=O) groups excluding carboxylic acids is 1. The SMILES string of the molecule is C[C@]1(O)COCCN(C(=O)OCc2ccccc2)C1. The molecule has 1 saturated heterocycles. The van der Waals surface area contributed by atoms with E-state index >= 15 is 0 Å². The Hall–Kier alpha value is -1.59. The maximum Gasteiger partial charge on any atom is 0.410 e. The average Bonchev–Trinajstić information content (AvgIpc) is 2.58. The second kappa shape index (κ2) is 6.04. The molecule has 5 heteroatoms. The summed E-state index contributed by atoms with van der Waals surface area (Å²) < 4.78 is 10.5. The Kier molecular flexibility index (Phi) is 4.39. The molecule has 1 aliphatic heterocycles. The predicted octanol–water partition coefficient (Wildman–Crippen LogP) is 1.41. The second-order valence-electron chi connectivity index (χ2n) is 5.01. The summed E-state index contributed by atoms with van der Waals surface area (Å²) in [6.07, 6.45) is -0.422. The lowest BCUT2D eigenvalue weighted by atomic mass is 10.1. The predicted molar refractivity (Wildman–Crippen MR) is 69.6 cm³/mol. The molecule has 0 radical (unpaired) electrons. The Labute approximate surface area is 112 Å². The number of hydrogen-bond donors (Lipinski definition) is 1. The Bertz CT molecular complexity index is 419. The summed E-state index contributed by atoms with van der Waals surface area (Å²) in [4.78, 5) is 13.4. The minimum Gasteiger partial charge on any atom is -0.445 e. The third-order valence-electron chi connectivity index (χ3n) is 2.91. The fourth-order valence-electron chi connectivity index (χ4n) is 1.97. The van der Waals surface area contributed by atoms with E-state index in [2.05, 4.69) is 0 Å². The molecular weight excluding hydrogens is 246 g/mol. The molecule has 1 atom stereocenters. The highest BCUT2D eigenvalue weighted by Gasteiger charge is 2.30. The smallest absolute Gasteiger partial charge is 0.410 e. The molecule has 1 fully saturated rings. The van der Waals surface area contributed by atoms with E-state index in [0.29, 0.717) is 13.2 Å². The number of carbonyl (C=O) groups is 1. The number of nitrogens with zero attached hydrogens (tertiary/aromatic N) is 1. The van der Waals surface area contributed by atoms with E-state index in [1.165, 1.54) is 4.90 Å². The van der Waals surface area contributed by atoms with Crippen LogP contribution < -0.4 is 0 Å². The molecule has 0 unspecified atom stereocenters. The second-order valence-corrected chi connectivity index (χ2v) is 5.01. The fraction of sp³-hybridized carbons (Fsp3) is 0.500. The summed E-state index contributed by atoms with van der Waals surface area (Å²) >= 11 is 0. The Morgan fingerprint density at radius 3 is 2.95 bits per heavy atom. The highest BCUT2D eigenvalue weighted by Crippen LogP contribution is 2.13. The Balaban J connectivity index is 1.88. The number of ether oxygens (including phenoxy) is 2. The van der Waals surface area contributed by atoms with Crippen LogP contribution in [-0.2, 0) is 16.1 Å². The van der Waals surface area contributed by atoms with Crippen LogP contribution in [0.4, 0.5) is 4.79 Å². The molecule has 0 bridgehead atoms. The third kappa shape index (κ3) is 4.22. The van der Waals surface area contributed by atoms with Crippen molar-refractivity contribution in [3.8, 4) is 0 Å². The van der Waals surface area contributed by atoms with Crippen molar-refractivity contribution in [2.75, 3.05) is 26.3 Å². The van der Waals surface area contributed by atoms with Crippen LogP contribution in [0, 0.1) is 0 Å². The summed E-state index contributed by atoms with van der Waals surface area (Å²) in [5, 5.41) is 9.98. The summed E-state index contributed by atoms with van der Waals surface area (Å²) in [7, 11) is 0. The molecular formula is C14H19NO4. The maximum atomic E-state index is 11.9. The zero-order valence-electron chi connectivity index (χ0n) is 11.0. The zero-order valence-corrected chi connectivity index (χ0v) is 11.0. The average molecular weight is 265 g/mol. The van der Waals surface area contributed by atoms with Gasteiger partial charge in [0.2, 0.25) is 0 Å². The van der Waals surface area contributed by atoms with E-state index in [1.54, 1.807) is 6.92 Å². The molecule has 104 valence electrons. The molecule has 1 aromatic rings. The topological polar surface area (TPSA) is 59.0 Å². The van der Waals surface area contributed by atoms with Crippen molar-refractivity contribution in [3.05, 3.63) is 35.9 Å². The van der Waals surface area contributed by atoms with Gasteiger partial charge in [-0.1, -0.05) is 30.3 Å². The molecule has 1 heterocycles. The number of hydrogen-bond acceptors (Lipinski definition) is 4. The van der Waals surface area contributed by atoms with Gasteiger partial charge in [0.25, 0.3) is 0 Å². The largest absolute Gasteiger partial charge is 0.445 e. The van der Waals surface area contributed by atoms with E-state index in [9.17, 15) is 9.90 Å². The fourth-order valence-corrected chi connectivity index (χ4v) is 1.97. The minimum absolute atomic E-state index is 0.223. The van der Waals surface area contributed by atoms with E-state index in [0.717, 1.165) is 5.56 Å². The molecule has 19 heavy (non-hydrogen) atoms. The normalized spacial score (nSPS) is 23.8. The van der Waals surface area contributed by atoms with E-state index in [4.69, 9.17) is 9.47 Å². The summed E-state index contributed by atoms with van der Waals surface area (Å²) in [5.74, 6) is 0. The summed E-state index contributed by atoms with van der Waals surface area (Å²) in [6.45, 7) is 3.19. The van der Waals surface area contributed by atoms with Crippen molar-refractivity contribution >= 4 is 6.09 Å². The van der Waals surface area contributed by atoms with E-state index in [-0.39, 0.29) is 19.8 Å². The van der Waals surface area contributed by atoms with Gasteiger partial charge in [-0.05, 0) is 12.5 Å². The van der Waals surface area contributed by atoms with Gasteiger partial charge in [-0.15, -0.1) is 0 Å². The lowest BCUT2D eigenvalue weighted by Gasteiger charge is -2.26. The highest BCUT2D eigenvalue weighted by atomic mass is 16.6. The van der Waals surface area contributed by atoms with Crippen molar-refractivity contribution in [1.29, 1.82) is 0 Å². The molecule has 1 amide bonds. The Morgan fingerprint density at radius 2 is 2.21 bits per heavy atom. The molecule has 1 aliphatic rings. The van der Waals surface area contributed by atoms with Crippen LogP contribution in [0.1, 0.15) is 12.5 Å². The van der Waals surface area contributed by atoms with Crippen LogP contribution in [0.3, 0.4) is 0 Å². The minimum atomic E-state index is -1.03. The number of amides is 1. The van der Waals surface area contributed by atoms with Crippen LogP contribution in [0.25, 0.3) is 0 Å². The van der Waals surface area contributed by atoms with Gasteiger partial charge in [-0.25, -0.2) is 4.79 Å².